The van der Waals surface area contributed by atoms with Gasteiger partial charge in [0.1, 0.15) is 0 Å². The molecule has 3 nitrogen and oxygen atoms in total. The SMILES string of the molecule is Cc1cccc(C)c1CS(=O)c1ccccc1C(=O)O. The zero-order valence-electron chi connectivity index (χ0n) is 11.4. The maximum absolute atomic E-state index is 12.5. The minimum atomic E-state index is -1.37. The molecule has 2 rings (SSSR count). The molecule has 0 aliphatic carbocycles. The van der Waals surface area contributed by atoms with Gasteiger partial charge in [-0.2, -0.15) is 0 Å². The van der Waals surface area contributed by atoms with Gasteiger partial charge in [0, 0.05) is 0 Å². The van der Waals surface area contributed by atoms with E-state index in [1.165, 1.54) is 6.07 Å². The van der Waals surface area contributed by atoms with Crippen LogP contribution >= 0.6 is 0 Å². The molecule has 0 aliphatic heterocycles. The molecule has 20 heavy (non-hydrogen) atoms. The second-order valence-electron chi connectivity index (χ2n) is 4.66. The van der Waals surface area contributed by atoms with Gasteiger partial charge >= 0.3 is 5.97 Å². The summed E-state index contributed by atoms with van der Waals surface area (Å²) in [4.78, 5) is 11.6. The van der Waals surface area contributed by atoms with Gasteiger partial charge in [0.15, 0.2) is 0 Å². The third-order valence-corrected chi connectivity index (χ3v) is 4.68. The Hall–Kier alpha value is -1.94. The third kappa shape index (κ3) is 2.96. The summed E-state index contributed by atoms with van der Waals surface area (Å²) < 4.78 is 12.5. The molecule has 0 heterocycles. The molecule has 0 aliphatic rings. The molecule has 0 fully saturated rings. The van der Waals surface area contributed by atoms with Gasteiger partial charge in [-0.15, -0.1) is 0 Å². The van der Waals surface area contributed by atoms with Crippen LogP contribution in [-0.4, -0.2) is 15.3 Å². The molecule has 0 amide bonds. The molecular formula is C16H16O3S. The van der Waals surface area contributed by atoms with Crippen LogP contribution in [0, 0.1) is 13.8 Å². The number of aromatic carboxylic acids is 1. The van der Waals surface area contributed by atoms with Crippen LogP contribution in [0.2, 0.25) is 0 Å². The summed E-state index contributed by atoms with van der Waals surface area (Å²) in [7, 11) is -1.37. The van der Waals surface area contributed by atoms with Gasteiger partial charge in [0.25, 0.3) is 0 Å². The van der Waals surface area contributed by atoms with Crippen molar-refractivity contribution in [1.82, 2.24) is 0 Å². The molecule has 2 aromatic rings. The zero-order valence-corrected chi connectivity index (χ0v) is 12.2. The van der Waals surface area contributed by atoms with Crippen molar-refractivity contribution in [1.29, 1.82) is 0 Å². The number of benzene rings is 2. The van der Waals surface area contributed by atoms with Crippen LogP contribution in [-0.2, 0) is 16.6 Å². The lowest BCUT2D eigenvalue weighted by atomic mass is 10.1. The fourth-order valence-corrected chi connectivity index (χ4v) is 3.63. The van der Waals surface area contributed by atoms with Crippen molar-refractivity contribution in [2.45, 2.75) is 24.5 Å². The highest BCUT2D eigenvalue weighted by Crippen LogP contribution is 2.21. The molecule has 1 atom stereocenters. The molecular weight excluding hydrogens is 272 g/mol. The van der Waals surface area contributed by atoms with Crippen LogP contribution < -0.4 is 0 Å². The Kier molecular flexibility index (Phi) is 4.35. The minimum absolute atomic E-state index is 0.108. The number of hydrogen-bond acceptors (Lipinski definition) is 2. The number of carbonyl (C=O) groups is 1. The van der Waals surface area contributed by atoms with Crippen LogP contribution in [0.1, 0.15) is 27.0 Å². The second-order valence-corrected chi connectivity index (χ2v) is 6.08. The van der Waals surface area contributed by atoms with Gasteiger partial charge in [-0.05, 0) is 42.7 Å². The van der Waals surface area contributed by atoms with Crippen molar-refractivity contribution >= 4 is 16.8 Å². The monoisotopic (exact) mass is 288 g/mol. The van der Waals surface area contributed by atoms with Crippen molar-refractivity contribution in [2.75, 3.05) is 0 Å². The van der Waals surface area contributed by atoms with Crippen molar-refractivity contribution in [3.63, 3.8) is 0 Å². The van der Waals surface area contributed by atoms with Crippen LogP contribution in [0.25, 0.3) is 0 Å². The Balaban J connectivity index is 2.36. The lowest BCUT2D eigenvalue weighted by Crippen LogP contribution is -2.07. The Morgan fingerprint density at radius 2 is 1.65 bits per heavy atom. The van der Waals surface area contributed by atoms with Gasteiger partial charge in [-0.1, -0.05) is 30.3 Å². The van der Waals surface area contributed by atoms with E-state index in [0.29, 0.717) is 10.6 Å². The molecule has 2 aromatic carbocycles. The predicted molar refractivity (Wildman–Crippen MR) is 79.4 cm³/mol. The maximum Gasteiger partial charge on any atom is 0.336 e. The molecule has 0 saturated heterocycles. The maximum atomic E-state index is 12.5. The van der Waals surface area contributed by atoms with E-state index in [9.17, 15) is 9.00 Å². The highest BCUT2D eigenvalue weighted by Gasteiger charge is 2.16. The van der Waals surface area contributed by atoms with Gasteiger partial charge in [-0.3, -0.25) is 4.21 Å². The van der Waals surface area contributed by atoms with E-state index in [-0.39, 0.29) is 5.56 Å². The molecule has 0 spiro atoms. The average Bonchev–Trinajstić information content (AvgIpc) is 2.43. The number of aryl methyl sites for hydroxylation is 2. The Morgan fingerprint density at radius 3 is 2.25 bits per heavy atom. The van der Waals surface area contributed by atoms with Gasteiger partial charge < -0.3 is 5.11 Å². The topological polar surface area (TPSA) is 54.4 Å². The molecule has 0 bridgehead atoms. The summed E-state index contributed by atoms with van der Waals surface area (Å²) in [5.74, 6) is -0.710. The molecule has 0 aromatic heterocycles. The van der Waals surface area contributed by atoms with Crippen molar-refractivity contribution < 1.29 is 14.1 Å². The first-order valence-corrected chi connectivity index (χ1v) is 7.58. The van der Waals surface area contributed by atoms with E-state index in [1.807, 2.05) is 32.0 Å². The second kappa shape index (κ2) is 6.01. The van der Waals surface area contributed by atoms with E-state index in [0.717, 1.165) is 16.7 Å². The fraction of sp³-hybridized carbons (Fsp3) is 0.188. The van der Waals surface area contributed by atoms with Gasteiger partial charge in [0.05, 0.1) is 27.0 Å². The number of carboxylic acid groups (broad SMARTS) is 1. The lowest BCUT2D eigenvalue weighted by Gasteiger charge is -2.10. The van der Waals surface area contributed by atoms with Gasteiger partial charge in [0.2, 0.25) is 0 Å². The lowest BCUT2D eigenvalue weighted by molar-refractivity contribution is 0.0693. The molecule has 4 heteroatoms. The molecule has 0 radical (unpaired) electrons. The van der Waals surface area contributed by atoms with Crippen LogP contribution in [0.15, 0.2) is 47.4 Å². The molecule has 0 saturated carbocycles. The zero-order chi connectivity index (χ0) is 14.7. The quantitative estimate of drug-likeness (QED) is 0.939. The Bertz CT molecular complexity index is 657. The smallest absolute Gasteiger partial charge is 0.336 e. The summed E-state index contributed by atoms with van der Waals surface area (Å²) in [5.41, 5.74) is 3.28. The summed E-state index contributed by atoms with van der Waals surface area (Å²) >= 11 is 0. The molecule has 1 N–H and O–H groups in total. The average molecular weight is 288 g/mol. The van der Waals surface area contributed by atoms with Gasteiger partial charge in [-0.25, -0.2) is 4.79 Å². The standard InChI is InChI=1S/C16H16O3S/c1-11-6-5-7-12(2)14(11)10-20(19)15-9-4-3-8-13(15)16(17)18/h3-9H,10H2,1-2H3,(H,17,18). The van der Waals surface area contributed by atoms with Crippen LogP contribution in [0.5, 0.6) is 0 Å². The summed E-state index contributed by atoms with van der Waals surface area (Å²) in [6, 6.07) is 12.4. The number of hydrogen-bond donors (Lipinski definition) is 1. The largest absolute Gasteiger partial charge is 0.478 e. The molecule has 104 valence electrons. The summed E-state index contributed by atoms with van der Waals surface area (Å²) in [5, 5.41) is 9.16. The van der Waals surface area contributed by atoms with E-state index >= 15 is 0 Å². The summed E-state index contributed by atoms with van der Waals surface area (Å²) in [6.45, 7) is 3.95. The number of rotatable bonds is 4. The first-order valence-electron chi connectivity index (χ1n) is 6.26. The number of carboxylic acids is 1. The minimum Gasteiger partial charge on any atom is -0.478 e. The normalized spacial score (nSPS) is 12.1. The fourth-order valence-electron chi connectivity index (χ4n) is 2.13. The predicted octanol–water partition coefficient (Wildman–Crippen LogP) is 3.31. The Morgan fingerprint density at radius 1 is 1.05 bits per heavy atom. The van der Waals surface area contributed by atoms with Crippen LogP contribution in [0.4, 0.5) is 0 Å². The van der Waals surface area contributed by atoms with Crippen molar-refractivity contribution in [2.24, 2.45) is 0 Å². The molecule has 1 unspecified atom stereocenters. The van der Waals surface area contributed by atoms with Crippen LogP contribution in [0.3, 0.4) is 0 Å². The van der Waals surface area contributed by atoms with E-state index in [2.05, 4.69) is 0 Å². The van der Waals surface area contributed by atoms with E-state index in [4.69, 9.17) is 5.11 Å². The first-order chi connectivity index (χ1) is 9.50. The Labute approximate surface area is 120 Å². The van der Waals surface area contributed by atoms with Crippen molar-refractivity contribution in [3.05, 3.63) is 64.7 Å². The highest BCUT2D eigenvalue weighted by atomic mass is 32.2. The summed E-state index contributed by atoms with van der Waals surface area (Å²) in [6.07, 6.45) is 0. The van der Waals surface area contributed by atoms with Crippen molar-refractivity contribution in [3.8, 4) is 0 Å². The van der Waals surface area contributed by atoms with E-state index < -0.39 is 16.8 Å². The highest BCUT2D eigenvalue weighted by molar-refractivity contribution is 7.84. The van der Waals surface area contributed by atoms with E-state index in [1.54, 1.807) is 18.2 Å². The first kappa shape index (κ1) is 14.5. The third-order valence-electron chi connectivity index (χ3n) is 3.28.